The summed E-state index contributed by atoms with van der Waals surface area (Å²) in [5.41, 5.74) is 1.34. The van der Waals surface area contributed by atoms with Gasteiger partial charge in [-0.2, -0.15) is 0 Å². The molecule has 1 aliphatic rings. The molecule has 1 saturated carbocycles. The second-order valence-corrected chi connectivity index (χ2v) is 4.19. The van der Waals surface area contributed by atoms with Crippen molar-refractivity contribution in [1.82, 2.24) is 9.97 Å². The minimum absolute atomic E-state index is 0.128. The fourth-order valence-corrected chi connectivity index (χ4v) is 1.83. The number of H-pyrrole nitrogens is 1. The predicted molar refractivity (Wildman–Crippen MR) is 59.0 cm³/mol. The zero-order valence-electron chi connectivity index (χ0n) is 8.77. The molecular weight excluding hydrogens is 204 g/mol. The number of aromatic amines is 1. The van der Waals surface area contributed by atoms with E-state index in [1.807, 2.05) is 0 Å². The summed E-state index contributed by atoms with van der Waals surface area (Å²) in [6, 6.07) is 3.55. The average molecular weight is 216 g/mol. The van der Waals surface area contributed by atoms with Crippen molar-refractivity contribution in [3.05, 3.63) is 40.8 Å². The molecule has 2 aromatic heterocycles. The summed E-state index contributed by atoms with van der Waals surface area (Å²) in [7, 11) is 0. The summed E-state index contributed by atoms with van der Waals surface area (Å²) in [5, 5.41) is 0. The van der Waals surface area contributed by atoms with Gasteiger partial charge in [0, 0.05) is 6.20 Å². The highest BCUT2D eigenvalue weighted by atomic mass is 16.3. The Morgan fingerprint density at radius 3 is 3.12 bits per heavy atom. The minimum atomic E-state index is -0.128. The van der Waals surface area contributed by atoms with E-state index >= 15 is 0 Å². The maximum atomic E-state index is 11.6. The van der Waals surface area contributed by atoms with Crippen LogP contribution in [0.2, 0.25) is 0 Å². The fourth-order valence-electron chi connectivity index (χ4n) is 1.83. The van der Waals surface area contributed by atoms with E-state index in [0.29, 0.717) is 11.3 Å². The minimum Gasteiger partial charge on any atom is -0.443 e. The molecule has 0 amide bonds. The normalized spacial score (nSPS) is 15.2. The zero-order chi connectivity index (χ0) is 11.0. The Morgan fingerprint density at radius 2 is 2.38 bits per heavy atom. The van der Waals surface area contributed by atoms with E-state index in [1.54, 1.807) is 18.3 Å². The summed E-state index contributed by atoms with van der Waals surface area (Å²) in [4.78, 5) is 18.5. The van der Waals surface area contributed by atoms with Crippen molar-refractivity contribution in [3.63, 3.8) is 0 Å². The third kappa shape index (κ3) is 1.66. The van der Waals surface area contributed by atoms with Crippen LogP contribution in [-0.4, -0.2) is 9.97 Å². The molecule has 1 N–H and O–H groups in total. The standard InChI is InChI=1S/C12H12N2O2/c15-12-9(2-1-5-13-12)11-10(14-7-16-11)6-8-3-4-8/h1-2,5,7-8H,3-4,6H2,(H,13,15). The van der Waals surface area contributed by atoms with Crippen molar-refractivity contribution in [2.24, 2.45) is 5.92 Å². The van der Waals surface area contributed by atoms with Crippen molar-refractivity contribution < 1.29 is 4.42 Å². The molecule has 82 valence electrons. The van der Waals surface area contributed by atoms with Gasteiger partial charge in [0.2, 0.25) is 0 Å². The quantitative estimate of drug-likeness (QED) is 0.853. The smallest absolute Gasteiger partial charge is 0.259 e. The van der Waals surface area contributed by atoms with Crippen LogP contribution in [0.3, 0.4) is 0 Å². The highest BCUT2D eigenvalue weighted by Gasteiger charge is 2.25. The van der Waals surface area contributed by atoms with Gasteiger partial charge in [0.15, 0.2) is 12.2 Å². The number of hydrogen-bond donors (Lipinski definition) is 1. The number of nitrogens with zero attached hydrogens (tertiary/aromatic N) is 1. The predicted octanol–water partition coefficient (Wildman–Crippen LogP) is 1.98. The number of oxazole rings is 1. The molecular formula is C12H12N2O2. The molecule has 0 aliphatic heterocycles. The van der Waals surface area contributed by atoms with Crippen LogP contribution in [0.1, 0.15) is 18.5 Å². The van der Waals surface area contributed by atoms with Gasteiger partial charge in [0.05, 0.1) is 11.3 Å². The van der Waals surface area contributed by atoms with Gasteiger partial charge < -0.3 is 9.40 Å². The molecule has 4 nitrogen and oxygen atoms in total. The molecule has 0 unspecified atom stereocenters. The lowest BCUT2D eigenvalue weighted by molar-refractivity contribution is 0.569. The second kappa shape index (κ2) is 3.63. The van der Waals surface area contributed by atoms with Crippen molar-refractivity contribution in [1.29, 1.82) is 0 Å². The molecule has 0 atom stereocenters. The van der Waals surface area contributed by atoms with Gasteiger partial charge in [0.1, 0.15) is 0 Å². The monoisotopic (exact) mass is 216 g/mol. The first kappa shape index (κ1) is 9.39. The molecule has 3 rings (SSSR count). The third-order valence-electron chi connectivity index (χ3n) is 2.88. The number of pyridine rings is 1. The van der Waals surface area contributed by atoms with Crippen LogP contribution < -0.4 is 5.56 Å². The fraction of sp³-hybridized carbons (Fsp3) is 0.333. The Bertz CT molecular complexity index is 552. The maximum Gasteiger partial charge on any atom is 0.259 e. The Kier molecular flexibility index (Phi) is 2.13. The van der Waals surface area contributed by atoms with Crippen molar-refractivity contribution in [2.75, 3.05) is 0 Å². The van der Waals surface area contributed by atoms with E-state index in [4.69, 9.17) is 4.42 Å². The van der Waals surface area contributed by atoms with Gasteiger partial charge in [-0.05, 0) is 37.3 Å². The highest BCUT2D eigenvalue weighted by Crippen LogP contribution is 2.34. The summed E-state index contributed by atoms with van der Waals surface area (Å²) >= 11 is 0. The molecule has 0 spiro atoms. The van der Waals surface area contributed by atoms with Crippen LogP contribution in [0.15, 0.2) is 33.9 Å². The number of rotatable bonds is 3. The second-order valence-electron chi connectivity index (χ2n) is 4.19. The average Bonchev–Trinajstić information content (AvgIpc) is 2.97. The van der Waals surface area contributed by atoms with Crippen LogP contribution in [-0.2, 0) is 6.42 Å². The zero-order valence-corrected chi connectivity index (χ0v) is 8.77. The molecule has 1 fully saturated rings. The van der Waals surface area contributed by atoms with Crippen LogP contribution in [0.4, 0.5) is 0 Å². The maximum absolute atomic E-state index is 11.6. The van der Waals surface area contributed by atoms with E-state index in [2.05, 4.69) is 9.97 Å². The number of aromatic nitrogens is 2. The van der Waals surface area contributed by atoms with Gasteiger partial charge in [-0.25, -0.2) is 4.98 Å². The van der Waals surface area contributed by atoms with Crippen LogP contribution >= 0.6 is 0 Å². The van der Waals surface area contributed by atoms with Crippen LogP contribution in [0, 0.1) is 5.92 Å². The molecule has 0 saturated heterocycles. The van der Waals surface area contributed by atoms with Gasteiger partial charge in [-0.1, -0.05) is 0 Å². The lowest BCUT2D eigenvalue weighted by Gasteiger charge is -1.98. The largest absolute Gasteiger partial charge is 0.443 e. The Hall–Kier alpha value is -1.84. The van der Waals surface area contributed by atoms with Gasteiger partial charge in [-0.3, -0.25) is 4.79 Å². The van der Waals surface area contributed by atoms with Crippen molar-refractivity contribution in [2.45, 2.75) is 19.3 Å². The summed E-state index contributed by atoms with van der Waals surface area (Å²) in [5.74, 6) is 1.35. The molecule has 16 heavy (non-hydrogen) atoms. The molecule has 0 aromatic carbocycles. The van der Waals surface area contributed by atoms with E-state index in [1.165, 1.54) is 19.2 Å². The summed E-state index contributed by atoms with van der Waals surface area (Å²) in [6.45, 7) is 0. The molecule has 2 aromatic rings. The van der Waals surface area contributed by atoms with Gasteiger partial charge in [-0.15, -0.1) is 0 Å². The number of nitrogens with one attached hydrogen (secondary N) is 1. The van der Waals surface area contributed by atoms with Crippen molar-refractivity contribution >= 4 is 0 Å². The highest BCUT2D eigenvalue weighted by molar-refractivity contribution is 5.58. The first-order valence-electron chi connectivity index (χ1n) is 5.45. The van der Waals surface area contributed by atoms with Crippen LogP contribution in [0.25, 0.3) is 11.3 Å². The van der Waals surface area contributed by atoms with E-state index in [-0.39, 0.29) is 5.56 Å². The van der Waals surface area contributed by atoms with Crippen LogP contribution in [0.5, 0.6) is 0 Å². The molecule has 1 aliphatic carbocycles. The first-order valence-corrected chi connectivity index (χ1v) is 5.45. The molecule has 4 heteroatoms. The van der Waals surface area contributed by atoms with Gasteiger partial charge in [0.25, 0.3) is 5.56 Å². The first-order chi connectivity index (χ1) is 7.84. The third-order valence-corrected chi connectivity index (χ3v) is 2.88. The van der Waals surface area contributed by atoms with E-state index < -0.39 is 0 Å². The van der Waals surface area contributed by atoms with E-state index in [0.717, 1.165) is 18.0 Å². The lowest BCUT2D eigenvalue weighted by atomic mass is 10.1. The van der Waals surface area contributed by atoms with Gasteiger partial charge >= 0.3 is 0 Å². The lowest BCUT2D eigenvalue weighted by Crippen LogP contribution is -2.07. The summed E-state index contributed by atoms with van der Waals surface area (Å²) in [6.07, 6.45) is 6.47. The number of hydrogen-bond acceptors (Lipinski definition) is 3. The molecule has 2 heterocycles. The molecule has 0 bridgehead atoms. The topological polar surface area (TPSA) is 58.9 Å². The molecule has 0 radical (unpaired) electrons. The Morgan fingerprint density at radius 1 is 1.50 bits per heavy atom. The van der Waals surface area contributed by atoms with E-state index in [9.17, 15) is 4.79 Å². The Balaban J connectivity index is 2.02. The summed E-state index contributed by atoms with van der Waals surface area (Å²) < 4.78 is 5.33. The Labute approximate surface area is 92.3 Å². The van der Waals surface area contributed by atoms with Crippen molar-refractivity contribution in [3.8, 4) is 11.3 Å². The SMILES string of the molecule is O=c1[nH]cccc1-c1ocnc1CC1CC1.